The monoisotopic (exact) mass is 350 g/mol. The third-order valence-corrected chi connectivity index (χ3v) is 3.81. The van der Waals surface area contributed by atoms with Crippen LogP contribution in [0.15, 0.2) is 65.3 Å². The van der Waals surface area contributed by atoms with Crippen molar-refractivity contribution in [3.63, 3.8) is 0 Å². The number of aryl methyl sites for hydroxylation is 1. The number of anilines is 2. The van der Waals surface area contributed by atoms with Gasteiger partial charge in [0, 0.05) is 11.4 Å². The SMILES string of the molecule is COc1c(C)cccc1C(=O)Nc1ccc(NC(=O)c2ccco2)cc1. The molecule has 2 aromatic carbocycles. The van der Waals surface area contributed by atoms with Crippen LogP contribution in [0.3, 0.4) is 0 Å². The van der Waals surface area contributed by atoms with E-state index in [1.165, 1.54) is 13.4 Å². The molecular formula is C20H18N2O4. The smallest absolute Gasteiger partial charge is 0.291 e. The van der Waals surface area contributed by atoms with Crippen molar-refractivity contribution in [1.82, 2.24) is 0 Å². The van der Waals surface area contributed by atoms with Crippen molar-refractivity contribution in [2.24, 2.45) is 0 Å². The first-order valence-corrected chi connectivity index (χ1v) is 7.98. The molecular weight excluding hydrogens is 332 g/mol. The maximum absolute atomic E-state index is 12.5. The summed E-state index contributed by atoms with van der Waals surface area (Å²) in [5.41, 5.74) is 2.55. The third kappa shape index (κ3) is 3.75. The van der Waals surface area contributed by atoms with Crippen molar-refractivity contribution in [3.8, 4) is 5.75 Å². The van der Waals surface area contributed by atoms with Gasteiger partial charge in [-0.15, -0.1) is 0 Å². The van der Waals surface area contributed by atoms with Crippen LogP contribution in [0, 0.1) is 6.92 Å². The van der Waals surface area contributed by atoms with Gasteiger partial charge in [-0.05, 0) is 55.0 Å². The fourth-order valence-electron chi connectivity index (χ4n) is 2.54. The Morgan fingerprint density at radius 1 is 0.885 bits per heavy atom. The number of benzene rings is 2. The van der Waals surface area contributed by atoms with E-state index >= 15 is 0 Å². The molecule has 6 heteroatoms. The maximum Gasteiger partial charge on any atom is 0.291 e. The minimum absolute atomic E-state index is 0.230. The van der Waals surface area contributed by atoms with E-state index in [4.69, 9.17) is 9.15 Å². The number of amides is 2. The molecule has 0 aliphatic heterocycles. The molecule has 132 valence electrons. The molecule has 0 unspecified atom stereocenters. The number of hydrogen-bond acceptors (Lipinski definition) is 4. The van der Waals surface area contributed by atoms with E-state index in [0.29, 0.717) is 22.7 Å². The van der Waals surface area contributed by atoms with Crippen LogP contribution in [0.1, 0.15) is 26.5 Å². The van der Waals surface area contributed by atoms with Gasteiger partial charge in [-0.1, -0.05) is 12.1 Å². The molecule has 1 heterocycles. The van der Waals surface area contributed by atoms with Crippen LogP contribution in [-0.2, 0) is 0 Å². The summed E-state index contributed by atoms with van der Waals surface area (Å²) in [6, 6.07) is 15.4. The van der Waals surface area contributed by atoms with Crippen molar-refractivity contribution in [1.29, 1.82) is 0 Å². The Morgan fingerprint density at radius 2 is 1.54 bits per heavy atom. The van der Waals surface area contributed by atoms with Crippen LogP contribution in [0.5, 0.6) is 5.75 Å². The van der Waals surface area contributed by atoms with Gasteiger partial charge in [-0.3, -0.25) is 9.59 Å². The molecule has 3 rings (SSSR count). The Morgan fingerprint density at radius 3 is 2.12 bits per heavy atom. The number of carbonyl (C=O) groups is 2. The molecule has 0 atom stereocenters. The van der Waals surface area contributed by atoms with Gasteiger partial charge in [-0.25, -0.2) is 0 Å². The zero-order valence-corrected chi connectivity index (χ0v) is 14.4. The lowest BCUT2D eigenvalue weighted by molar-refractivity contribution is 0.0994. The lowest BCUT2D eigenvalue weighted by Gasteiger charge is -2.12. The minimum Gasteiger partial charge on any atom is -0.496 e. The van der Waals surface area contributed by atoms with Gasteiger partial charge in [0.2, 0.25) is 0 Å². The number of para-hydroxylation sites is 1. The predicted octanol–water partition coefficient (Wildman–Crippen LogP) is 4.10. The first-order chi connectivity index (χ1) is 12.6. The second-order valence-corrected chi connectivity index (χ2v) is 5.62. The van der Waals surface area contributed by atoms with Crippen molar-refractivity contribution < 1.29 is 18.7 Å². The number of hydrogen-bond donors (Lipinski definition) is 2. The zero-order chi connectivity index (χ0) is 18.5. The molecule has 0 saturated heterocycles. The molecule has 0 aliphatic rings. The van der Waals surface area contributed by atoms with Gasteiger partial charge >= 0.3 is 0 Å². The maximum atomic E-state index is 12.5. The molecule has 6 nitrogen and oxygen atoms in total. The standard InChI is InChI=1S/C20H18N2O4/c1-13-5-3-6-16(18(13)25-2)19(23)21-14-8-10-15(11-9-14)22-20(24)17-7-4-12-26-17/h3-12H,1-2H3,(H,21,23)(H,22,24). The first kappa shape index (κ1) is 17.3. The summed E-state index contributed by atoms with van der Waals surface area (Å²) in [5, 5.41) is 5.53. The molecule has 26 heavy (non-hydrogen) atoms. The number of nitrogens with one attached hydrogen (secondary N) is 2. The third-order valence-electron chi connectivity index (χ3n) is 3.81. The van der Waals surface area contributed by atoms with Crippen molar-refractivity contribution in [2.45, 2.75) is 6.92 Å². The van der Waals surface area contributed by atoms with Gasteiger partial charge in [0.1, 0.15) is 5.75 Å². The highest BCUT2D eigenvalue weighted by molar-refractivity contribution is 6.06. The number of methoxy groups -OCH3 is 1. The topological polar surface area (TPSA) is 80.6 Å². The van der Waals surface area contributed by atoms with Crippen LogP contribution in [-0.4, -0.2) is 18.9 Å². The molecule has 3 aromatic rings. The lowest BCUT2D eigenvalue weighted by Crippen LogP contribution is -2.14. The van der Waals surface area contributed by atoms with E-state index in [1.54, 1.807) is 48.5 Å². The Kier molecular flexibility index (Phi) is 5.03. The van der Waals surface area contributed by atoms with Gasteiger partial charge in [0.15, 0.2) is 5.76 Å². The summed E-state index contributed by atoms with van der Waals surface area (Å²) in [4.78, 5) is 24.4. The van der Waals surface area contributed by atoms with E-state index in [9.17, 15) is 9.59 Å². The molecule has 2 amide bonds. The highest BCUT2D eigenvalue weighted by Gasteiger charge is 2.14. The molecule has 0 saturated carbocycles. The second-order valence-electron chi connectivity index (χ2n) is 5.62. The van der Waals surface area contributed by atoms with Crippen LogP contribution in [0.2, 0.25) is 0 Å². The predicted molar refractivity (Wildman–Crippen MR) is 98.8 cm³/mol. The Labute approximate surface area is 150 Å². The molecule has 0 bridgehead atoms. The highest BCUT2D eigenvalue weighted by Crippen LogP contribution is 2.24. The van der Waals surface area contributed by atoms with Crippen LogP contribution >= 0.6 is 0 Å². The summed E-state index contributed by atoms with van der Waals surface area (Å²) in [6.07, 6.45) is 1.44. The molecule has 0 radical (unpaired) electrons. The normalized spacial score (nSPS) is 10.2. The molecule has 1 aromatic heterocycles. The van der Waals surface area contributed by atoms with Crippen molar-refractivity contribution >= 4 is 23.2 Å². The van der Waals surface area contributed by atoms with Gasteiger partial charge in [-0.2, -0.15) is 0 Å². The summed E-state index contributed by atoms with van der Waals surface area (Å²) < 4.78 is 10.4. The minimum atomic E-state index is -0.337. The molecule has 0 spiro atoms. The summed E-state index contributed by atoms with van der Waals surface area (Å²) in [5.74, 6) is 0.176. The average molecular weight is 350 g/mol. The lowest BCUT2D eigenvalue weighted by atomic mass is 10.1. The number of furan rings is 1. The highest BCUT2D eigenvalue weighted by atomic mass is 16.5. The fourth-order valence-corrected chi connectivity index (χ4v) is 2.54. The largest absolute Gasteiger partial charge is 0.496 e. The Bertz CT molecular complexity index is 915. The number of carbonyl (C=O) groups excluding carboxylic acids is 2. The van der Waals surface area contributed by atoms with Crippen molar-refractivity contribution in [3.05, 3.63) is 77.7 Å². The summed E-state index contributed by atoms with van der Waals surface area (Å²) >= 11 is 0. The van der Waals surface area contributed by atoms with E-state index in [2.05, 4.69) is 10.6 Å². The number of rotatable bonds is 5. The Balaban J connectivity index is 1.69. The quantitative estimate of drug-likeness (QED) is 0.726. The van der Waals surface area contributed by atoms with Gasteiger partial charge in [0.25, 0.3) is 11.8 Å². The first-order valence-electron chi connectivity index (χ1n) is 7.98. The molecule has 0 fully saturated rings. The molecule has 0 aliphatic carbocycles. The average Bonchev–Trinajstić information content (AvgIpc) is 3.18. The van der Waals surface area contributed by atoms with Crippen molar-refractivity contribution in [2.75, 3.05) is 17.7 Å². The van der Waals surface area contributed by atoms with Crippen LogP contribution < -0.4 is 15.4 Å². The van der Waals surface area contributed by atoms with E-state index in [-0.39, 0.29) is 17.6 Å². The van der Waals surface area contributed by atoms with Gasteiger partial charge < -0.3 is 19.8 Å². The molecule has 2 N–H and O–H groups in total. The van der Waals surface area contributed by atoms with E-state index in [0.717, 1.165) is 5.56 Å². The van der Waals surface area contributed by atoms with Crippen LogP contribution in [0.4, 0.5) is 11.4 Å². The summed E-state index contributed by atoms with van der Waals surface area (Å²) in [7, 11) is 1.54. The second kappa shape index (κ2) is 7.57. The Hall–Kier alpha value is -3.54. The van der Waals surface area contributed by atoms with Gasteiger partial charge in [0.05, 0.1) is 18.9 Å². The fraction of sp³-hybridized carbons (Fsp3) is 0.100. The van der Waals surface area contributed by atoms with E-state index < -0.39 is 0 Å². The summed E-state index contributed by atoms with van der Waals surface area (Å²) in [6.45, 7) is 1.88. The van der Waals surface area contributed by atoms with E-state index in [1.807, 2.05) is 13.0 Å². The van der Waals surface area contributed by atoms with Crippen LogP contribution in [0.25, 0.3) is 0 Å². The zero-order valence-electron chi connectivity index (χ0n) is 14.4. The number of ether oxygens (including phenoxy) is 1.